The zero-order chi connectivity index (χ0) is 13.1. The Kier molecular flexibility index (Phi) is 4.28. The van der Waals surface area contributed by atoms with E-state index < -0.39 is 0 Å². The van der Waals surface area contributed by atoms with Gasteiger partial charge >= 0.3 is 0 Å². The Morgan fingerprint density at radius 2 is 2.21 bits per heavy atom. The van der Waals surface area contributed by atoms with Gasteiger partial charge in [0.2, 0.25) is 5.56 Å². The first kappa shape index (κ1) is 13.3. The Labute approximate surface area is 118 Å². The zero-order valence-electron chi connectivity index (χ0n) is 11.3. The van der Waals surface area contributed by atoms with Crippen LogP contribution in [0.15, 0.2) is 16.9 Å². The minimum Gasteiger partial charge on any atom is -0.326 e. The minimum atomic E-state index is 0.0298. The standard InChI is InChI=1S/C15H22N2OS/c18-15-8-7-12-13(5-3-6-14(12)17-15)16-10-11-4-1-2-9-19-11/h7-8,11,13,16H,1-6,9-10H2,(H,17,18). The van der Waals surface area contributed by atoms with Crippen molar-refractivity contribution < 1.29 is 0 Å². The lowest BCUT2D eigenvalue weighted by molar-refractivity contribution is 0.446. The topological polar surface area (TPSA) is 44.9 Å². The van der Waals surface area contributed by atoms with Crippen LogP contribution in [0.1, 0.15) is 49.4 Å². The number of rotatable bonds is 3. The van der Waals surface area contributed by atoms with Gasteiger partial charge in [-0.15, -0.1) is 0 Å². The van der Waals surface area contributed by atoms with E-state index in [2.05, 4.69) is 22.1 Å². The van der Waals surface area contributed by atoms with Crippen molar-refractivity contribution >= 4 is 11.8 Å². The van der Waals surface area contributed by atoms with Crippen molar-refractivity contribution in [2.45, 2.75) is 49.8 Å². The highest BCUT2D eigenvalue weighted by Crippen LogP contribution is 2.29. The van der Waals surface area contributed by atoms with Crippen LogP contribution < -0.4 is 10.9 Å². The largest absolute Gasteiger partial charge is 0.326 e. The molecule has 1 aromatic rings. The lowest BCUT2D eigenvalue weighted by Crippen LogP contribution is -2.33. The predicted molar refractivity (Wildman–Crippen MR) is 80.8 cm³/mol. The van der Waals surface area contributed by atoms with Crippen LogP contribution in [-0.4, -0.2) is 22.5 Å². The summed E-state index contributed by atoms with van der Waals surface area (Å²) in [6, 6.07) is 4.11. The molecule has 1 fully saturated rings. The van der Waals surface area contributed by atoms with Gasteiger partial charge in [0.15, 0.2) is 0 Å². The fourth-order valence-corrected chi connectivity index (χ4v) is 4.41. The molecule has 19 heavy (non-hydrogen) atoms. The van der Waals surface area contributed by atoms with Crippen LogP contribution in [0.2, 0.25) is 0 Å². The number of nitrogens with one attached hydrogen (secondary N) is 2. The van der Waals surface area contributed by atoms with Crippen molar-refractivity contribution in [2.75, 3.05) is 12.3 Å². The Balaban J connectivity index is 1.64. The molecule has 2 atom stereocenters. The summed E-state index contributed by atoms with van der Waals surface area (Å²) in [5.74, 6) is 1.32. The number of hydrogen-bond donors (Lipinski definition) is 2. The molecule has 3 nitrogen and oxygen atoms in total. The van der Waals surface area contributed by atoms with E-state index in [1.54, 1.807) is 6.07 Å². The molecule has 2 heterocycles. The summed E-state index contributed by atoms with van der Waals surface area (Å²) in [5, 5.41) is 4.50. The fourth-order valence-electron chi connectivity index (χ4n) is 3.15. The first-order valence-corrected chi connectivity index (χ1v) is 8.45. The van der Waals surface area contributed by atoms with Crippen LogP contribution in [0.3, 0.4) is 0 Å². The first-order valence-electron chi connectivity index (χ1n) is 7.40. The highest BCUT2D eigenvalue weighted by atomic mass is 32.2. The van der Waals surface area contributed by atoms with Crippen LogP contribution in [0.4, 0.5) is 0 Å². The van der Waals surface area contributed by atoms with Crippen molar-refractivity contribution in [3.63, 3.8) is 0 Å². The molecule has 2 N–H and O–H groups in total. The second kappa shape index (κ2) is 6.14. The van der Waals surface area contributed by atoms with Gasteiger partial charge < -0.3 is 10.3 Å². The summed E-state index contributed by atoms with van der Waals surface area (Å²) in [4.78, 5) is 14.4. The van der Waals surface area contributed by atoms with E-state index in [-0.39, 0.29) is 5.56 Å². The SMILES string of the molecule is O=c1ccc2c([nH]1)CCCC2NCC1CCCCS1. The van der Waals surface area contributed by atoms with Gasteiger partial charge in [0.1, 0.15) is 0 Å². The van der Waals surface area contributed by atoms with Crippen LogP contribution in [0.5, 0.6) is 0 Å². The van der Waals surface area contributed by atoms with Crippen molar-refractivity contribution in [3.05, 3.63) is 33.7 Å². The molecule has 104 valence electrons. The molecule has 1 aromatic heterocycles. The van der Waals surface area contributed by atoms with Gasteiger partial charge in [0, 0.05) is 29.6 Å². The number of thioether (sulfide) groups is 1. The quantitative estimate of drug-likeness (QED) is 0.893. The van der Waals surface area contributed by atoms with Crippen molar-refractivity contribution in [1.82, 2.24) is 10.3 Å². The van der Waals surface area contributed by atoms with Gasteiger partial charge in [0.25, 0.3) is 0 Å². The fraction of sp³-hybridized carbons (Fsp3) is 0.667. The van der Waals surface area contributed by atoms with E-state index in [0.29, 0.717) is 6.04 Å². The molecule has 4 heteroatoms. The lowest BCUT2D eigenvalue weighted by atomic mass is 9.91. The average Bonchev–Trinajstić information content (AvgIpc) is 2.45. The Hall–Kier alpha value is -0.740. The van der Waals surface area contributed by atoms with Crippen LogP contribution >= 0.6 is 11.8 Å². The monoisotopic (exact) mass is 278 g/mol. The second-order valence-corrected chi connectivity index (χ2v) is 7.01. The molecular formula is C15H22N2OS. The number of H-pyrrole nitrogens is 1. The molecule has 1 aliphatic heterocycles. The van der Waals surface area contributed by atoms with Crippen LogP contribution in [0, 0.1) is 0 Å². The van der Waals surface area contributed by atoms with Gasteiger partial charge in [-0.25, -0.2) is 0 Å². The molecule has 0 aromatic carbocycles. The molecule has 2 aliphatic rings. The number of aryl methyl sites for hydroxylation is 1. The van der Waals surface area contributed by atoms with E-state index in [1.165, 1.54) is 43.4 Å². The Bertz CT molecular complexity index is 479. The number of fused-ring (bicyclic) bond motifs is 1. The normalized spacial score (nSPS) is 26.9. The third-order valence-corrected chi connectivity index (χ3v) is 5.60. The summed E-state index contributed by atoms with van der Waals surface area (Å²) in [5.41, 5.74) is 2.49. The molecule has 1 aliphatic carbocycles. The first-order chi connectivity index (χ1) is 9.33. The highest BCUT2D eigenvalue weighted by molar-refractivity contribution is 7.99. The summed E-state index contributed by atoms with van der Waals surface area (Å²) >= 11 is 2.12. The van der Waals surface area contributed by atoms with Crippen LogP contribution in [0.25, 0.3) is 0 Å². The number of hydrogen-bond acceptors (Lipinski definition) is 3. The number of aromatic amines is 1. The summed E-state index contributed by atoms with van der Waals surface area (Å²) < 4.78 is 0. The van der Waals surface area contributed by atoms with Crippen molar-refractivity contribution in [3.8, 4) is 0 Å². The van der Waals surface area contributed by atoms with Crippen molar-refractivity contribution in [2.24, 2.45) is 0 Å². The van der Waals surface area contributed by atoms with Gasteiger partial charge in [-0.2, -0.15) is 11.8 Å². The Morgan fingerprint density at radius 1 is 1.26 bits per heavy atom. The molecule has 0 radical (unpaired) electrons. The maximum Gasteiger partial charge on any atom is 0.248 e. The average molecular weight is 278 g/mol. The zero-order valence-corrected chi connectivity index (χ0v) is 12.1. The molecule has 3 rings (SSSR count). The molecule has 2 unspecified atom stereocenters. The minimum absolute atomic E-state index is 0.0298. The maximum atomic E-state index is 11.4. The molecule has 0 bridgehead atoms. The molecule has 0 saturated carbocycles. The lowest BCUT2D eigenvalue weighted by Gasteiger charge is -2.29. The van der Waals surface area contributed by atoms with Gasteiger partial charge in [-0.1, -0.05) is 12.5 Å². The van der Waals surface area contributed by atoms with E-state index >= 15 is 0 Å². The molecule has 0 spiro atoms. The third kappa shape index (κ3) is 3.23. The highest BCUT2D eigenvalue weighted by Gasteiger charge is 2.22. The van der Waals surface area contributed by atoms with Crippen molar-refractivity contribution in [1.29, 1.82) is 0 Å². The number of pyridine rings is 1. The Morgan fingerprint density at radius 3 is 3.05 bits per heavy atom. The van der Waals surface area contributed by atoms with E-state index in [4.69, 9.17) is 0 Å². The summed E-state index contributed by atoms with van der Waals surface area (Å²) in [7, 11) is 0. The molecule has 0 amide bonds. The van der Waals surface area contributed by atoms with E-state index in [1.807, 2.05) is 6.07 Å². The van der Waals surface area contributed by atoms with E-state index in [0.717, 1.165) is 23.9 Å². The smallest absolute Gasteiger partial charge is 0.248 e. The summed E-state index contributed by atoms with van der Waals surface area (Å²) in [6.07, 6.45) is 7.49. The van der Waals surface area contributed by atoms with Crippen LogP contribution in [-0.2, 0) is 6.42 Å². The second-order valence-electron chi connectivity index (χ2n) is 5.60. The van der Waals surface area contributed by atoms with Gasteiger partial charge in [0.05, 0.1) is 0 Å². The number of aromatic nitrogens is 1. The third-order valence-electron chi connectivity index (χ3n) is 4.20. The molecule has 1 saturated heterocycles. The maximum absolute atomic E-state index is 11.4. The molecular weight excluding hydrogens is 256 g/mol. The van der Waals surface area contributed by atoms with Gasteiger partial charge in [-0.05, 0) is 43.4 Å². The van der Waals surface area contributed by atoms with E-state index in [9.17, 15) is 4.79 Å². The predicted octanol–water partition coefficient (Wildman–Crippen LogP) is 2.63. The van der Waals surface area contributed by atoms with Gasteiger partial charge in [-0.3, -0.25) is 4.79 Å². The summed E-state index contributed by atoms with van der Waals surface area (Å²) in [6.45, 7) is 1.11.